The molecule has 5 rings (SSSR count). The fourth-order valence-corrected chi connectivity index (χ4v) is 4.86. The van der Waals surface area contributed by atoms with E-state index in [0.29, 0.717) is 18.3 Å². The quantitative estimate of drug-likeness (QED) is 0.638. The number of likely N-dealkylation sites (tertiary alicyclic amines) is 1. The predicted molar refractivity (Wildman–Crippen MR) is 70.2 cm³/mol. The first-order chi connectivity index (χ1) is 9.46. The van der Waals surface area contributed by atoms with E-state index in [4.69, 9.17) is 14.5 Å². The van der Waals surface area contributed by atoms with Crippen molar-refractivity contribution in [3.05, 3.63) is 0 Å². The molecule has 0 aromatic heterocycles. The Labute approximate surface area is 119 Å². The van der Waals surface area contributed by atoms with Gasteiger partial charge in [-0.05, 0) is 38.0 Å². The molecule has 0 radical (unpaired) electrons. The zero-order valence-corrected chi connectivity index (χ0v) is 12.4. The van der Waals surface area contributed by atoms with E-state index in [-0.39, 0.29) is 18.1 Å². The minimum Gasteiger partial charge on any atom is -0.321 e. The molecule has 1 aliphatic carbocycles. The van der Waals surface area contributed by atoms with Gasteiger partial charge in [0.25, 0.3) is 0 Å². The lowest BCUT2D eigenvalue weighted by Gasteiger charge is -2.59. The molecular formula is C15H23NO4. The standard InChI is InChI=1S/C15H23NO4/c1-9-4-5-10-8-12(17)16(3)13-15(10)11(9)6-7-14(2,18-13)19-20-15/h9-11,13H,4-8H2,1-3H3. The molecule has 1 spiro atoms. The van der Waals surface area contributed by atoms with Crippen LogP contribution in [0, 0.1) is 17.8 Å². The summed E-state index contributed by atoms with van der Waals surface area (Å²) < 4.78 is 6.22. The summed E-state index contributed by atoms with van der Waals surface area (Å²) in [4.78, 5) is 25.7. The van der Waals surface area contributed by atoms with Crippen molar-refractivity contribution in [3.63, 3.8) is 0 Å². The second-order valence-electron chi connectivity index (χ2n) is 7.23. The van der Waals surface area contributed by atoms with Crippen LogP contribution in [-0.4, -0.2) is 35.5 Å². The SMILES string of the molecule is CC1CCC2CC(=O)N(C)C3OC4(C)CCC1C23OO4. The molecule has 6 atom stereocenters. The highest BCUT2D eigenvalue weighted by molar-refractivity contribution is 5.78. The van der Waals surface area contributed by atoms with Gasteiger partial charge in [0.05, 0.1) is 0 Å². The molecule has 5 fully saturated rings. The number of likely N-dealkylation sites (N-methyl/N-ethyl adjacent to an activating group) is 1. The van der Waals surface area contributed by atoms with Crippen molar-refractivity contribution >= 4 is 5.91 Å². The number of carbonyl (C=O) groups excluding carboxylic acids is 1. The van der Waals surface area contributed by atoms with Gasteiger partial charge in [0.1, 0.15) is 0 Å². The molecule has 6 unspecified atom stereocenters. The number of carbonyl (C=O) groups is 1. The Balaban J connectivity index is 1.85. The van der Waals surface area contributed by atoms with Gasteiger partial charge in [-0.3, -0.25) is 4.79 Å². The molecular weight excluding hydrogens is 258 g/mol. The Kier molecular flexibility index (Phi) is 2.58. The number of hydrogen-bond donors (Lipinski definition) is 0. The highest BCUT2D eigenvalue weighted by Gasteiger charge is 2.68. The largest absolute Gasteiger partial charge is 0.321 e. The molecule has 0 N–H and O–H groups in total. The molecule has 20 heavy (non-hydrogen) atoms. The molecule has 1 saturated carbocycles. The van der Waals surface area contributed by atoms with E-state index in [2.05, 4.69) is 6.92 Å². The molecule has 0 aromatic carbocycles. The van der Waals surface area contributed by atoms with Gasteiger partial charge in [0.2, 0.25) is 11.7 Å². The van der Waals surface area contributed by atoms with Crippen LogP contribution in [-0.2, 0) is 19.3 Å². The van der Waals surface area contributed by atoms with Crippen LogP contribution in [0.5, 0.6) is 0 Å². The highest BCUT2D eigenvalue weighted by atomic mass is 17.3. The van der Waals surface area contributed by atoms with Crippen LogP contribution in [0.3, 0.4) is 0 Å². The fraction of sp³-hybridized carbons (Fsp3) is 0.933. The number of piperidine rings is 1. The molecule has 4 saturated heterocycles. The minimum atomic E-state index is -0.719. The number of nitrogens with zero attached hydrogens (tertiary/aromatic N) is 1. The van der Waals surface area contributed by atoms with Gasteiger partial charge in [-0.1, -0.05) is 6.92 Å². The van der Waals surface area contributed by atoms with Crippen LogP contribution in [0.25, 0.3) is 0 Å². The zero-order chi connectivity index (χ0) is 14.1. The summed E-state index contributed by atoms with van der Waals surface area (Å²) in [5.41, 5.74) is -0.462. The van der Waals surface area contributed by atoms with Crippen LogP contribution in [0.15, 0.2) is 0 Å². The lowest BCUT2D eigenvalue weighted by molar-refractivity contribution is -0.545. The molecule has 0 aromatic rings. The van der Waals surface area contributed by atoms with Gasteiger partial charge in [0, 0.05) is 25.8 Å². The van der Waals surface area contributed by atoms with Gasteiger partial charge >= 0.3 is 0 Å². The molecule has 5 heteroatoms. The molecule has 5 nitrogen and oxygen atoms in total. The average Bonchev–Trinajstić information content (AvgIpc) is 2.65. The monoisotopic (exact) mass is 281 g/mol. The molecule has 4 heterocycles. The summed E-state index contributed by atoms with van der Waals surface area (Å²) >= 11 is 0. The predicted octanol–water partition coefficient (Wildman–Crippen LogP) is 2.06. The topological polar surface area (TPSA) is 48.0 Å². The minimum absolute atomic E-state index is 0.165. The van der Waals surface area contributed by atoms with Crippen molar-refractivity contribution < 1.29 is 19.3 Å². The van der Waals surface area contributed by atoms with Crippen molar-refractivity contribution in [1.29, 1.82) is 0 Å². The molecule has 4 aliphatic heterocycles. The summed E-state index contributed by atoms with van der Waals surface area (Å²) in [6.45, 7) is 4.22. The Morgan fingerprint density at radius 1 is 1.25 bits per heavy atom. The first-order valence-electron chi connectivity index (χ1n) is 7.76. The maximum Gasteiger partial charge on any atom is 0.224 e. The molecule has 112 valence electrons. The normalized spacial score (nSPS) is 54.5. The first kappa shape index (κ1) is 13.0. The average molecular weight is 281 g/mol. The van der Waals surface area contributed by atoms with Crippen LogP contribution in [0.1, 0.15) is 46.0 Å². The lowest BCUT2D eigenvalue weighted by Crippen LogP contribution is -2.72. The molecule has 1 amide bonds. The van der Waals surface area contributed by atoms with Crippen LogP contribution >= 0.6 is 0 Å². The third-order valence-corrected chi connectivity index (χ3v) is 6.06. The number of hydrogen-bond acceptors (Lipinski definition) is 4. The van der Waals surface area contributed by atoms with Gasteiger partial charge in [-0.15, -0.1) is 0 Å². The lowest BCUT2D eigenvalue weighted by atomic mass is 9.59. The van der Waals surface area contributed by atoms with E-state index in [9.17, 15) is 4.79 Å². The van der Waals surface area contributed by atoms with Gasteiger partial charge in [-0.2, -0.15) is 0 Å². The third kappa shape index (κ3) is 1.46. The van der Waals surface area contributed by atoms with Crippen molar-refractivity contribution in [3.8, 4) is 0 Å². The highest BCUT2D eigenvalue weighted by Crippen LogP contribution is 2.58. The van der Waals surface area contributed by atoms with Gasteiger partial charge in [0.15, 0.2) is 11.8 Å². The van der Waals surface area contributed by atoms with E-state index in [0.717, 1.165) is 19.3 Å². The van der Waals surface area contributed by atoms with E-state index in [1.165, 1.54) is 6.42 Å². The Morgan fingerprint density at radius 2 is 2.05 bits per heavy atom. The molecule has 2 bridgehead atoms. The first-order valence-corrected chi connectivity index (χ1v) is 7.76. The number of ether oxygens (including phenoxy) is 1. The van der Waals surface area contributed by atoms with Crippen molar-refractivity contribution in [2.45, 2.75) is 63.6 Å². The Morgan fingerprint density at radius 3 is 2.85 bits per heavy atom. The second-order valence-corrected chi connectivity index (χ2v) is 7.23. The number of fused-ring (bicyclic) bond motifs is 2. The molecule has 5 aliphatic rings. The summed E-state index contributed by atoms with van der Waals surface area (Å²) in [6.07, 6.45) is 4.32. The smallest absolute Gasteiger partial charge is 0.224 e. The summed E-state index contributed by atoms with van der Waals surface area (Å²) in [6, 6.07) is 0. The maximum atomic E-state index is 12.3. The fourth-order valence-electron chi connectivity index (χ4n) is 4.86. The Bertz CT molecular complexity index is 451. The van der Waals surface area contributed by atoms with Crippen molar-refractivity contribution in [2.24, 2.45) is 17.8 Å². The van der Waals surface area contributed by atoms with Crippen LogP contribution in [0.4, 0.5) is 0 Å². The van der Waals surface area contributed by atoms with Gasteiger partial charge < -0.3 is 9.64 Å². The van der Waals surface area contributed by atoms with E-state index >= 15 is 0 Å². The summed E-state index contributed by atoms with van der Waals surface area (Å²) in [5, 5.41) is 0. The van der Waals surface area contributed by atoms with Crippen LogP contribution in [0.2, 0.25) is 0 Å². The maximum absolute atomic E-state index is 12.3. The van der Waals surface area contributed by atoms with Crippen molar-refractivity contribution in [2.75, 3.05) is 7.05 Å². The number of amides is 1. The Hall–Kier alpha value is -0.650. The van der Waals surface area contributed by atoms with E-state index in [1.54, 1.807) is 4.90 Å². The third-order valence-electron chi connectivity index (χ3n) is 6.06. The number of rotatable bonds is 0. The zero-order valence-electron chi connectivity index (χ0n) is 12.4. The second kappa shape index (κ2) is 3.96. The van der Waals surface area contributed by atoms with Crippen LogP contribution < -0.4 is 0 Å². The van der Waals surface area contributed by atoms with E-state index in [1.807, 2.05) is 14.0 Å². The van der Waals surface area contributed by atoms with Gasteiger partial charge in [-0.25, -0.2) is 9.78 Å². The summed E-state index contributed by atoms with van der Waals surface area (Å²) in [5.74, 6) is 0.663. The summed E-state index contributed by atoms with van der Waals surface area (Å²) in [7, 11) is 1.84. The van der Waals surface area contributed by atoms with E-state index < -0.39 is 11.4 Å². The van der Waals surface area contributed by atoms with Crippen molar-refractivity contribution in [1.82, 2.24) is 4.90 Å².